The summed E-state index contributed by atoms with van der Waals surface area (Å²) in [6, 6.07) is 0. The van der Waals surface area contributed by atoms with Crippen LogP contribution in [0.5, 0.6) is 0 Å². The first-order valence-corrected chi connectivity index (χ1v) is 4.19. The van der Waals surface area contributed by atoms with Gasteiger partial charge in [-0.1, -0.05) is 13.5 Å². The normalized spacial score (nSPS) is 10.8. The van der Waals surface area contributed by atoms with Crippen LogP contribution >= 0.6 is 0 Å². The molecule has 0 saturated heterocycles. The van der Waals surface area contributed by atoms with E-state index in [-0.39, 0.29) is 6.61 Å². The van der Waals surface area contributed by atoms with Crippen LogP contribution in [0.15, 0.2) is 12.7 Å². The molecule has 0 spiro atoms. The van der Waals surface area contributed by atoms with E-state index in [9.17, 15) is 13.6 Å². The van der Waals surface area contributed by atoms with Crippen LogP contribution in [-0.4, -0.2) is 21.3 Å². The smallest absolute Gasteiger partial charge is 0.240 e. The summed E-state index contributed by atoms with van der Waals surface area (Å²) in [5, 5.41) is 0. The Kier molecular flexibility index (Phi) is 11.9. The molecule has 12 heavy (non-hydrogen) atoms. The maximum atomic E-state index is 9.54. The highest BCUT2D eigenvalue weighted by atomic mass is 32.2. The second-order valence-corrected chi connectivity index (χ2v) is 2.28. The van der Waals surface area contributed by atoms with Gasteiger partial charge in [0, 0.05) is 0 Å². The van der Waals surface area contributed by atoms with Gasteiger partial charge in [-0.05, 0) is 12.5 Å². The molecule has 0 aromatic heterocycles. The number of nitrogens with two attached hydrogens (primary N) is 1. The molecular weight excluding hydrogens is 182 g/mol. The zero-order chi connectivity index (χ0) is 9.98. The number of hydrogen-bond donors (Lipinski definition) is 1. The van der Waals surface area contributed by atoms with Gasteiger partial charge in [0.2, 0.25) is 5.91 Å². The zero-order valence-electron chi connectivity index (χ0n) is 6.82. The molecule has 0 heterocycles. The van der Waals surface area contributed by atoms with Gasteiger partial charge in [-0.25, -0.2) is 4.21 Å². The van der Waals surface area contributed by atoms with Gasteiger partial charge in [0.1, 0.15) is 0 Å². The first kappa shape index (κ1) is 13.8. The molecule has 0 saturated carbocycles. The monoisotopic (exact) mass is 194 g/mol. The second-order valence-electron chi connectivity index (χ2n) is 1.63. The molecule has 1 amide bonds. The van der Waals surface area contributed by atoms with Gasteiger partial charge in [-0.15, -0.1) is 0 Å². The summed E-state index contributed by atoms with van der Waals surface area (Å²) in [5.74, 6) is -0.481. The lowest BCUT2D eigenvalue weighted by atomic mass is 10.5. The number of primary amides is 1. The Morgan fingerprint density at radius 1 is 1.83 bits per heavy atom. The SMILES string of the molecule is C=CC(N)=O.CCCOS(=O)[O-]. The molecule has 0 radical (unpaired) electrons. The number of carbonyl (C=O) groups is 1. The Morgan fingerprint density at radius 2 is 2.25 bits per heavy atom. The molecule has 0 rings (SSSR count). The van der Waals surface area contributed by atoms with Crippen molar-refractivity contribution in [2.45, 2.75) is 13.3 Å². The Hall–Kier alpha value is -0.720. The van der Waals surface area contributed by atoms with Gasteiger partial charge in [-0.2, -0.15) is 0 Å². The highest BCUT2D eigenvalue weighted by Crippen LogP contribution is 1.80. The van der Waals surface area contributed by atoms with Crippen molar-refractivity contribution in [2.75, 3.05) is 6.61 Å². The van der Waals surface area contributed by atoms with E-state index in [1.807, 2.05) is 6.92 Å². The lowest BCUT2D eigenvalue weighted by molar-refractivity contribution is -0.113. The minimum absolute atomic E-state index is 0.288. The molecule has 0 bridgehead atoms. The third-order valence-corrected chi connectivity index (χ3v) is 0.944. The third-order valence-electron chi connectivity index (χ3n) is 0.585. The predicted octanol–water partition coefficient (Wildman–Crippen LogP) is -0.135. The molecule has 0 aliphatic heterocycles. The molecule has 0 aromatic rings. The summed E-state index contributed by atoms with van der Waals surface area (Å²) >= 11 is -2.32. The van der Waals surface area contributed by atoms with Gasteiger partial charge >= 0.3 is 0 Å². The van der Waals surface area contributed by atoms with E-state index in [0.29, 0.717) is 0 Å². The average molecular weight is 194 g/mol. The number of hydrogen-bond acceptors (Lipinski definition) is 4. The van der Waals surface area contributed by atoms with Crippen LogP contribution in [0.1, 0.15) is 13.3 Å². The van der Waals surface area contributed by atoms with Crippen LogP contribution in [0.25, 0.3) is 0 Å². The minimum Gasteiger partial charge on any atom is -0.750 e. The van der Waals surface area contributed by atoms with Crippen molar-refractivity contribution >= 4 is 17.3 Å². The van der Waals surface area contributed by atoms with Crippen LogP contribution in [0.3, 0.4) is 0 Å². The van der Waals surface area contributed by atoms with Crippen LogP contribution in [-0.2, 0) is 20.3 Å². The topological polar surface area (TPSA) is 92.5 Å². The van der Waals surface area contributed by atoms with Crippen molar-refractivity contribution < 1.29 is 17.7 Å². The quantitative estimate of drug-likeness (QED) is 0.498. The Morgan fingerprint density at radius 3 is 2.33 bits per heavy atom. The lowest BCUT2D eigenvalue weighted by Gasteiger charge is -2.01. The largest absolute Gasteiger partial charge is 0.750 e. The number of amides is 1. The molecule has 0 aromatic carbocycles. The van der Waals surface area contributed by atoms with E-state index in [0.717, 1.165) is 12.5 Å². The van der Waals surface area contributed by atoms with Crippen molar-refractivity contribution in [3.8, 4) is 0 Å². The summed E-state index contributed by atoms with van der Waals surface area (Å²) in [6.07, 6.45) is 1.79. The molecule has 72 valence electrons. The predicted molar refractivity (Wildman–Crippen MR) is 44.6 cm³/mol. The van der Waals surface area contributed by atoms with Gasteiger partial charge in [-0.3, -0.25) is 4.79 Å². The molecule has 0 aliphatic rings. The maximum absolute atomic E-state index is 9.54. The molecule has 0 fully saturated rings. The Balaban J connectivity index is 0. The Bertz CT molecular complexity index is 160. The summed E-state index contributed by atoms with van der Waals surface area (Å²) in [5.41, 5.74) is 4.53. The number of rotatable bonds is 4. The molecule has 5 nitrogen and oxygen atoms in total. The molecule has 0 aliphatic carbocycles. The van der Waals surface area contributed by atoms with Gasteiger partial charge in [0.15, 0.2) is 0 Å². The third kappa shape index (κ3) is 22.8. The van der Waals surface area contributed by atoms with Crippen molar-refractivity contribution in [3.05, 3.63) is 12.7 Å². The van der Waals surface area contributed by atoms with Crippen molar-refractivity contribution in [2.24, 2.45) is 5.73 Å². The van der Waals surface area contributed by atoms with E-state index in [1.54, 1.807) is 0 Å². The fourth-order valence-corrected chi connectivity index (χ4v) is 0.454. The summed E-state index contributed by atoms with van der Waals surface area (Å²) in [7, 11) is 0. The first-order valence-electron chi connectivity index (χ1n) is 3.19. The van der Waals surface area contributed by atoms with E-state index in [1.165, 1.54) is 0 Å². The summed E-state index contributed by atoms with van der Waals surface area (Å²) < 4.78 is 23.2. The standard InChI is InChI=1S/C3H5NO.C3H8O3S/c1-2-3(4)5;1-2-3-6-7(4)5/h2H,1H2,(H2,4,5);2-3H2,1H3,(H,4,5)/p-1. The molecule has 6 heteroatoms. The zero-order valence-corrected chi connectivity index (χ0v) is 7.63. The summed E-state index contributed by atoms with van der Waals surface area (Å²) in [4.78, 5) is 9.47. The van der Waals surface area contributed by atoms with E-state index < -0.39 is 17.3 Å². The molecular formula is C6H12NO4S-. The van der Waals surface area contributed by atoms with E-state index >= 15 is 0 Å². The molecule has 1 unspecified atom stereocenters. The molecule has 2 N–H and O–H groups in total. The lowest BCUT2D eigenvalue weighted by Crippen LogP contribution is -2.04. The van der Waals surface area contributed by atoms with E-state index in [2.05, 4.69) is 16.5 Å². The second kappa shape index (κ2) is 10.3. The van der Waals surface area contributed by atoms with Crippen molar-refractivity contribution in [1.82, 2.24) is 0 Å². The fraction of sp³-hybridized carbons (Fsp3) is 0.500. The Labute approximate surface area is 74.1 Å². The van der Waals surface area contributed by atoms with Crippen LogP contribution < -0.4 is 5.73 Å². The van der Waals surface area contributed by atoms with Gasteiger partial charge in [0.05, 0.1) is 18.0 Å². The minimum atomic E-state index is -2.32. The highest BCUT2D eigenvalue weighted by molar-refractivity contribution is 7.74. The maximum Gasteiger partial charge on any atom is 0.240 e. The van der Waals surface area contributed by atoms with Gasteiger partial charge in [0.25, 0.3) is 0 Å². The first-order chi connectivity index (χ1) is 5.54. The van der Waals surface area contributed by atoms with Crippen molar-refractivity contribution in [3.63, 3.8) is 0 Å². The van der Waals surface area contributed by atoms with Crippen molar-refractivity contribution in [1.29, 1.82) is 0 Å². The van der Waals surface area contributed by atoms with Gasteiger partial charge < -0.3 is 14.5 Å². The van der Waals surface area contributed by atoms with Crippen LogP contribution in [0.2, 0.25) is 0 Å². The average Bonchev–Trinajstić information content (AvgIpc) is 2.02. The number of carbonyl (C=O) groups excluding carboxylic acids is 1. The van der Waals surface area contributed by atoms with Crippen LogP contribution in [0, 0.1) is 0 Å². The fourth-order valence-electron chi connectivity index (χ4n) is 0.151. The highest BCUT2D eigenvalue weighted by Gasteiger charge is 1.77. The van der Waals surface area contributed by atoms with E-state index in [4.69, 9.17) is 0 Å². The molecule has 1 atom stereocenters. The summed E-state index contributed by atoms with van der Waals surface area (Å²) in [6.45, 7) is 5.21. The van der Waals surface area contributed by atoms with Crippen LogP contribution in [0.4, 0.5) is 0 Å².